The van der Waals surface area contributed by atoms with Crippen LogP contribution in [0, 0.1) is 6.92 Å². The van der Waals surface area contributed by atoms with E-state index in [1.165, 1.54) is 27.9 Å². The van der Waals surface area contributed by atoms with Crippen LogP contribution in [-0.4, -0.2) is 86.8 Å². The molecule has 1 aromatic heterocycles. The number of sulfonamides is 1. The summed E-state index contributed by atoms with van der Waals surface area (Å²) in [5.41, 5.74) is 7.11. The Labute approximate surface area is 340 Å². The maximum atomic E-state index is 13.7. The van der Waals surface area contributed by atoms with Gasteiger partial charge in [-0.05, 0) is 117 Å². The Morgan fingerprint density at radius 1 is 0.857 bits per heavy atom. The van der Waals surface area contributed by atoms with E-state index in [9.17, 15) is 8.42 Å². The molecule has 0 amide bonds. The molecule has 12 heteroatoms. The van der Waals surface area contributed by atoms with Crippen molar-refractivity contribution in [2.45, 2.75) is 35.7 Å². The number of anilines is 3. The Kier molecular flexibility index (Phi) is 12.8. The lowest BCUT2D eigenvalue weighted by Gasteiger charge is -2.36. The lowest BCUT2D eigenvalue weighted by molar-refractivity contribution is 0.250. The van der Waals surface area contributed by atoms with Crippen LogP contribution in [0.3, 0.4) is 0 Å². The molecule has 5 aromatic carbocycles. The number of nitrogens with one attached hydrogen (secondary N) is 2. The fourth-order valence-electron chi connectivity index (χ4n) is 7.02. The molecular weight excluding hydrogens is 758 g/mol. The van der Waals surface area contributed by atoms with Crippen molar-refractivity contribution in [2.24, 2.45) is 0 Å². The Hall–Kier alpha value is -4.65. The molecule has 6 aromatic rings. The van der Waals surface area contributed by atoms with E-state index in [2.05, 4.69) is 109 Å². The van der Waals surface area contributed by atoms with Gasteiger partial charge in [0.25, 0.3) is 10.0 Å². The van der Waals surface area contributed by atoms with Crippen LogP contribution in [-0.2, 0) is 16.6 Å². The van der Waals surface area contributed by atoms with Crippen LogP contribution in [0.5, 0.6) is 0 Å². The quantitative estimate of drug-likeness (QED) is 0.0988. The predicted octanol–water partition coefficient (Wildman–Crippen LogP) is 8.91. The smallest absolute Gasteiger partial charge is 0.263 e. The topological polar surface area (TPSA) is 93.7 Å². The van der Waals surface area contributed by atoms with Crippen LogP contribution in [0.4, 0.5) is 17.2 Å². The van der Waals surface area contributed by atoms with E-state index in [1.54, 1.807) is 12.1 Å². The van der Waals surface area contributed by atoms with Crippen molar-refractivity contribution in [1.82, 2.24) is 19.8 Å². The highest BCUT2D eigenvalue weighted by Crippen LogP contribution is 2.31. The number of hydrogen-bond donors (Lipinski definition) is 2. The van der Waals surface area contributed by atoms with Gasteiger partial charge in [0.05, 0.1) is 10.4 Å². The molecule has 1 unspecified atom stereocenters. The summed E-state index contributed by atoms with van der Waals surface area (Å²) in [6.07, 6.45) is 2.36. The van der Waals surface area contributed by atoms with E-state index in [0.717, 1.165) is 73.4 Å². The summed E-state index contributed by atoms with van der Waals surface area (Å²) >= 11 is 8.26. The highest BCUT2D eigenvalue weighted by Gasteiger charge is 2.22. The molecule has 2 heterocycles. The summed E-state index contributed by atoms with van der Waals surface area (Å²) in [4.78, 5) is 17.3. The van der Waals surface area contributed by atoms with E-state index in [1.807, 2.05) is 61.2 Å². The zero-order valence-corrected chi connectivity index (χ0v) is 34.4. The van der Waals surface area contributed by atoms with E-state index in [4.69, 9.17) is 11.6 Å². The van der Waals surface area contributed by atoms with E-state index in [-0.39, 0.29) is 16.8 Å². The van der Waals surface area contributed by atoms with Crippen LogP contribution < -0.4 is 14.9 Å². The molecule has 1 saturated heterocycles. The summed E-state index contributed by atoms with van der Waals surface area (Å²) in [5.74, 6) is 1.14. The summed E-state index contributed by atoms with van der Waals surface area (Å²) < 4.78 is 30.2. The molecule has 1 fully saturated rings. The fourth-order valence-corrected chi connectivity index (χ4v) is 9.32. The average Bonchev–Trinajstić information content (AvgIpc) is 3.20. The second-order valence-electron chi connectivity index (χ2n) is 14.5. The van der Waals surface area contributed by atoms with Gasteiger partial charge in [-0.1, -0.05) is 66.2 Å². The molecule has 56 heavy (non-hydrogen) atoms. The number of aromatic nitrogens is 2. The molecule has 7 rings (SSSR count). The summed E-state index contributed by atoms with van der Waals surface area (Å²) in [5, 5.41) is 5.07. The fraction of sp³-hybridized carbons (Fsp3) is 0.273. The Morgan fingerprint density at radius 3 is 2.34 bits per heavy atom. The molecule has 0 spiro atoms. The van der Waals surface area contributed by atoms with Crippen molar-refractivity contribution in [1.29, 1.82) is 0 Å². The first-order chi connectivity index (χ1) is 27.1. The molecule has 0 saturated carbocycles. The monoisotopic (exact) mass is 805 g/mol. The van der Waals surface area contributed by atoms with Gasteiger partial charge >= 0.3 is 0 Å². The lowest BCUT2D eigenvalue weighted by Crippen LogP contribution is -2.46. The number of nitrogens with zero attached hydrogens (tertiary/aromatic N) is 5. The van der Waals surface area contributed by atoms with Crippen molar-refractivity contribution >= 4 is 61.5 Å². The number of aryl methyl sites for hydroxylation is 1. The Morgan fingerprint density at radius 2 is 1.61 bits per heavy atom. The molecular formula is C44H48ClN7O2S2. The number of thioether (sulfide) groups is 1. The van der Waals surface area contributed by atoms with Gasteiger partial charge in [-0.15, -0.1) is 11.8 Å². The van der Waals surface area contributed by atoms with Gasteiger partial charge in [0.2, 0.25) is 0 Å². The Bertz CT molecular complexity index is 2360. The molecule has 1 atom stereocenters. The zero-order valence-electron chi connectivity index (χ0n) is 32.0. The molecule has 290 valence electrons. The first-order valence-corrected chi connectivity index (χ1v) is 21.7. The van der Waals surface area contributed by atoms with Crippen LogP contribution in [0.1, 0.15) is 17.5 Å². The number of rotatable bonds is 15. The lowest BCUT2D eigenvalue weighted by atomic mass is 9.99. The number of fused-ring (bicyclic) bond motifs is 1. The predicted molar refractivity (Wildman–Crippen MR) is 234 cm³/mol. The second kappa shape index (κ2) is 18.1. The first kappa shape index (κ1) is 39.6. The van der Waals surface area contributed by atoms with Gasteiger partial charge < -0.3 is 15.1 Å². The summed E-state index contributed by atoms with van der Waals surface area (Å²) in [6.45, 7) is 7.18. The number of halogens is 1. The molecule has 1 aliphatic rings. The van der Waals surface area contributed by atoms with Gasteiger partial charge in [-0.25, -0.2) is 18.4 Å². The number of benzene rings is 5. The van der Waals surface area contributed by atoms with Crippen LogP contribution in [0.25, 0.3) is 22.0 Å². The van der Waals surface area contributed by atoms with Crippen LogP contribution >= 0.6 is 23.4 Å². The Balaban J connectivity index is 0.998. The van der Waals surface area contributed by atoms with Crippen molar-refractivity contribution in [3.05, 3.63) is 138 Å². The normalized spacial score (nSPS) is 14.3. The summed E-state index contributed by atoms with van der Waals surface area (Å²) in [6, 6.07) is 38.3. The molecule has 0 bridgehead atoms. The van der Waals surface area contributed by atoms with Gasteiger partial charge in [0, 0.05) is 71.2 Å². The third kappa shape index (κ3) is 10.0. The highest BCUT2D eigenvalue weighted by atomic mass is 35.5. The van der Waals surface area contributed by atoms with Gasteiger partial charge in [-0.3, -0.25) is 9.62 Å². The first-order valence-electron chi connectivity index (χ1n) is 18.9. The zero-order chi connectivity index (χ0) is 39.1. The average molecular weight is 807 g/mol. The second-order valence-corrected chi connectivity index (χ2v) is 17.7. The minimum atomic E-state index is -3.93. The van der Waals surface area contributed by atoms with Gasteiger partial charge in [-0.2, -0.15) is 0 Å². The van der Waals surface area contributed by atoms with Crippen molar-refractivity contribution in [2.75, 3.05) is 67.5 Å². The third-order valence-corrected chi connectivity index (χ3v) is 12.9. The van der Waals surface area contributed by atoms with E-state index < -0.39 is 10.0 Å². The van der Waals surface area contributed by atoms with Crippen molar-refractivity contribution in [3.8, 4) is 11.1 Å². The number of piperazine rings is 1. The van der Waals surface area contributed by atoms with E-state index >= 15 is 0 Å². The minimum absolute atomic E-state index is 0.180. The van der Waals surface area contributed by atoms with Crippen molar-refractivity contribution < 1.29 is 8.42 Å². The molecule has 9 nitrogen and oxygen atoms in total. The van der Waals surface area contributed by atoms with Gasteiger partial charge in [0.1, 0.15) is 6.33 Å². The molecule has 0 radical (unpaired) electrons. The molecule has 2 N–H and O–H groups in total. The maximum Gasteiger partial charge on any atom is 0.263 e. The number of hydrogen-bond acceptors (Lipinski definition) is 9. The highest BCUT2D eigenvalue weighted by molar-refractivity contribution is 7.99. The minimum Gasteiger partial charge on any atom is -0.381 e. The van der Waals surface area contributed by atoms with Crippen molar-refractivity contribution in [3.63, 3.8) is 0 Å². The van der Waals surface area contributed by atoms with Crippen LogP contribution in [0.2, 0.25) is 5.02 Å². The third-order valence-electron chi connectivity index (χ3n) is 10.1. The maximum absolute atomic E-state index is 13.7. The standard InChI is InChI=1S/C44H48ClN7O2S2/c1-32-26-39(16-19-42(32)48-36(20-21-50(2)3)30-55-38-12-8-5-9-13-38)56(53,54)49-44-41-18-15-37(28-43(41)46-31-47-44)52-24-22-51(23-25-52)29-34-27-35(45)14-17-40(34)33-10-6-4-7-11-33/h4-19,26-28,31,36,48H,20-25,29-30H2,1-3H3,(H,46,47,49). The molecule has 1 aliphatic heterocycles. The van der Waals surface area contributed by atoms with E-state index in [0.29, 0.717) is 10.9 Å². The molecule has 0 aliphatic carbocycles. The largest absolute Gasteiger partial charge is 0.381 e. The SMILES string of the molecule is Cc1cc(S(=O)(=O)Nc2ncnc3cc(N4CCN(Cc5cc(Cl)ccc5-c5ccccc5)CC4)ccc23)ccc1NC(CCN(C)C)CSc1ccccc1. The summed E-state index contributed by atoms with van der Waals surface area (Å²) in [7, 11) is 0.223. The van der Waals surface area contributed by atoms with Crippen LogP contribution in [0.15, 0.2) is 131 Å². The van der Waals surface area contributed by atoms with Gasteiger partial charge in [0.15, 0.2) is 5.82 Å².